The van der Waals surface area contributed by atoms with Crippen molar-refractivity contribution in [3.8, 4) is 6.07 Å². The minimum Gasteiger partial charge on any atom is -0.316 e. The molecule has 2 aromatic carbocycles. The molecule has 0 fully saturated rings. The van der Waals surface area contributed by atoms with Crippen molar-refractivity contribution in [1.82, 2.24) is 4.57 Å². The molecule has 3 rings (SSSR count). The Labute approximate surface area is 144 Å². The van der Waals surface area contributed by atoms with Crippen molar-refractivity contribution in [1.29, 1.82) is 5.26 Å². The third kappa shape index (κ3) is 2.89. The predicted molar refractivity (Wildman–Crippen MR) is 95.9 cm³/mol. The highest BCUT2D eigenvalue weighted by Crippen LogP contribution is 2.22. The zero-order valence-corrected chi connectivity index (χ0v) is 14.4. The number of para-hydroxylation sites is 1. The van der Waals surface area contributed by atoms with Gasteiger partial charge in [-0.05, 0) is 49.2 Å². The molecule has 0 spiro atoms. The maximum Gasteiger partial charge on any atom is 0.279 e. The molecule has 0 aliphatic heterocycles. The van der Waals surface area contributed by atoms with E-state index in [9.17, 15) is 4.79 Å². The number of benzene rings is 2. The molecule has 4 nitrogen and oxygen atoms in total. The first-order valence-electron chi connectivity index (χ1n) is 7.88. The number of rotatable bonds is 3. The summed E-state index contributed by atoms with van der Waals surface area (Å²) >= 11 is 1.53. The minimum absolute atomic E-state index is 0.286. The van der Waals surface area contributed by atoms with Gasteiger partial charge in [0.05, 0.1) is 21.8 Å². The normalized spacial score (nSPS) is 11.6. The topological polar surface area (TPSA) is 58.1 Å². The standard InChI is InChI=1S/C19H17N3OS/c1-3-14-6-5-7-16-17(14)22(4-2)19(24-16)21-18(23)15-10-8-13(12-20)9-11-15/h5-11H,3-4H2,1-2H3. The quantitative estimate of drug-likeness (QED) is 0.729. The number of hydrogen-bond acceptors (Lipinski definition) is 3. The number of nitriles is 1. The van der Waals surface area contributed by atoms with Crippen LogP contribution in [0.15, 0.2) is 47.5 Å². The maximum absolute atomic E-state index is 12.5. The molecule has 0 saturated heterocycles. The lowest BCUT2D eigenvalue weighted by atomic mass is 10.1. The van der Waals surface area contributed by atoms with Gasteiger partial charge in [0.15, 0.2) is 4.80 Å². The number of aromatic nitrogens is 1. The fourth-order valence-electron chi connectivity index (χ4n) is 2.71. The van der Waals surface area contributed by atoms with Crippen molar-refractivity contribution < 1.29 is 4.79 Å². The molecular weight excluding hydrogens is 318 g/mol. The maximum atomic E-state index is 12.5. The Morgan fingerprint density at radius 2 is 1.96 bits per heavy atom. The summed E-state index contributed by atoms with van der Waals surface area (Å²) in [7, 11) is 0. The number of thiazole rings is 1. The van der Waals surface area contributed by atoms with Crippen LogP contribution >= 0.6 is 11.3 Å². The number of nitrogens with zero attached hydrogens (tertiary/aromatic N) is 3. The lowest BCUT2D eigenvalue weighted by Crippen LogP contribution is -2.16. The lowest BCUT2D eigenvalue weighted by molar-refractivity contribution is 0.0998. The van der Waals surface area contributed by atoms with Gasteiger partial charge in [-0.2, -0.15) is 10.3 Å². The molecule has 0 bridgehead atoms. The summed E-state index contributed by atoms with van der Waals surface area (Å²) in [5, 5.41) is 8.84. The highest BCUT2D eigenvalue weighted by atomic mass is 32.1. The summed E-state index contributed by atoms with van der Waals surface area (Å²) in [6.07, 6.45) is 0.942. The number of amides is 1. The monoisotopic (exact) mass is 335 g/mol. The van der Waals surface area contributed by atoms with E-state index in [1.165, 1.54) is 22.4 Å². The second kappa shape index (κ2) is 6.81. The van der Waals surface area contributed by atoms with Crippen LogP contribution in [0.1, 0.15) is 35.3 Å². The molecule has 0 aliphatic rings. The van der Waals surface area contributed by atoms with Crippen LogP contribution in [0.5, 0.6) is 0 Å². The van der Waals surface area contributed by atoms with Crippen LogP contribution in [0.4, 0.5) is 0 Å². The summed E-state index contributed by atoms with van der Waals surface area (Å²) in [6.45, 7) is 4.95. The van der Waals surface area contributed by atoms with E-state index < -0.39 is 0 Å². The smallest absolute Gasteiger partial charge is 0.279 e. The van der Waals surface area contributed by atoms with E-state index >= 15 is 0 Å². The molecule has 0 saturated carbocycles. The molecule has 0 atom stereocenters. The van der Waals surface area contributed by atoms with E-state index in [1.807, 2.05) is 12.1 Å². The third-order valence-electron chi connectivity index (χ3n) is 3.94. The molecule has 0 radical (unpaired) electrons. The van der Waals surface area contributed by atoms with Gasteiger partial charge in [0.25, 0.3) is 5.91 Å². The van der Waals surface area contributed by atoms with Gasteiger partial charge < -0.3 is 4.57 Å². The Hall–Kier alpha value is -2.71. The highest BCUT2D eigenvalue weighted by molar-refractivity contribution is 7.16. The van der Waals surface area contributed by atoms with Crippen LogP contribution in [0.25, 0.3) is 10.2 Å². The van der Waals surface area contributed by atoms with Crippen molar-refractivity contribution >= 4 is 27.5 Å². The zero-order chi connectivity index (χ0) is 17.1. The molecule has 1 aromatic heterocycles. The molecule has 3 aromatic rings. The van der Waals surface area contributed by atoms with Crippen molar-refractivity contribution in [2.45, 2.75) is 26.8 Å². The lowest BCUT2D eigenvalue weighted by Gasteiger charge is -2.05. The average Bonchev–Trinajstić information content (AvgIpc) is 2.98. The summed E-state index contributed by atoms with van der Waals surface area (Å²) in [4.78, 5) is 17.5. The Morgan fingerprint density at radius 3 is 2.58 bits per heavy atom. The van der Waals surface area contributed by atoms with Crippen molar-refractivity contribution in [2.24, 2.45) is 4.99 Å². The van der Waals surface area contributed by atoms with Crippen molar-refractivity contribution in [2.75, 3.05) is 0 Å². The summed E-state index contributed by atoms with van der Waals surface area (Å²) < 4.78 is 3.24. The number of carbonyl (C=O) groups excluding carboxylic acids is 1. The van der Waals surface area contributed by atoms with Crippen LogP contribution in [0.3, 0.4) is 0 Å². The van der Waals surface area contributed by atoms with Gasteiger partial charge >= 0.3 is 0 Å². The molecule has 24 heavy (non-hydrogen) atoms. The van der Waals surface area contributed by atoms with E-state index in [-0.39, 0.29) is 5.91 Å². The average molecular weight is 335 g/mol. The van der Waals surface area contributed by atoms with E-state index in [0.717, 1.165) is 17.7 Å². The number of hydrogen-bond donors (Lipinski definition) is 0. The number of carbonyl (C=O) groups is 1. The number of aryl methyl sites for hydroxylation is 2. The predicted octanol–water partition coefficient (Wildman–Crippen LogP) is 3.90. The van der Waals surface area contributed by atoms with E-state index in [0.29, 0.717) is 15.9 Å². The van der Waals surface area contributed by atoms with Gasteiger partial charge in [0, 0.05) is 12.1 Å². The van der Waals surface area contributed by atoms with E-state index in [4.69, 9.17) is 5.26 Å². The summed E-state index contributed by atoms with van der Waals surface area (Å²) in [5.74, 6) is -0.286. The Kier molecular flexibility index (Phi) is 4.59. The SMILES string of the molecule is CCc1cccc2sc(=NC(=O)c3ccc(C#N)cc3)n(CC)c12. The van der Waals surface area contributed by atoms with Crippen LogP contribution in [0.2, 0.25) is 0 Å². The second-order valence-electron chi connectivity index (χ2n) is 5.35. The van der Waals surface area contributed by atoms with Crippen LogP contribution in [0, 0.1) is 11.3 Å². The molecule has 0 aliphatic carbocycles. The van der Waals surface area contributed by atoms with E-state index in [1.54, 1.807) is 24.3 Å². The Balaban J connectivity index is 2.12. The van der Waals surface area contributed by atoms with Crippen LogP contribution < -0.4 is 4.80 Å². The molecule has 1 amide bonds. The number of fused-ring (bicyclic) bond motifs is 1. The van der Waals surface area contributed by atoms with E-state index in [2.05, 4.69) is 35.5 Å². The Morgan fingerprint density at radius 1 is 1.21 bits per heavy atom. The third-order valence-corrected chi connectivity index (χ3v) is 4.98. The fourth-order valence-corrected chi connectivity index (χ4v) is 3.85. The zero-order valence-electron chi connectivity index (χ0n) is 13.6. The molecule has 0 N–H and O–H groups in total. The van der Waals surface area contributed by atoms with Crippen LogP contribution in [-0.2, 0) is 13.0 Å². The molecule has 5 heteroatoms. The van der Waals surface area contributed by atoms with Gasteiger partial charge in [0.1, 0.15) is 0 Å². The fraction of sp³-hybridized carbons (Fsp3) is 0.211. The first-order chi connectivity index (χ1) is 11.7. The van der Waals surface area contributed by atoms with Gasteiger partial charge in [-0.25, -0.2) is 0 Å². The first kappa shape index (κ1) is 16.2. The van der Waals surface area contributed by atoms with Gasteiger partial charge in [-0.15, -0.1) is 0 Å². The van der Waals surface area contributed by atoms with Crippen molar-refractivity contribution in [3.63, 3.8) is 0 Å². The van der Waals surface area contributed by atoms with Gasteiger partial charge in [0.2, 0.25) is 0 Å². The highest BCUT2D eigenvalue weighted by Gasteiger charge is 2.10. The van der Waals surface area contributed by atoms with Gasteiger partial charge in [-0.3, -0.25) is 4.79 Å². The Bertz CT molecular complexity index is 1000. The molecular formula is C19H17N3OS. The summed E-state index contributed by atoms with van der Waals surface area (Å²) in [5.41, 5.74) is 3.45. The van der Waals surface area contributed by atoms with Gasteiger partial charge in [-0.1, -0.05) is 30.4 Å². The summed E-state index contributed by atoms with van der Waals surface area (Å²) in [6, 6.07) is 14.8. The molecule has 0 unspecified atom stereocenters. The largest absolute Gasteiger partial charge is 0.316 e. The minimum atomic E-state index is -0.286. The van der Waals surface area contributed by atoms with Crippen LogP contribution in [-0.4, -0.2) is 10.5 Å². The van der Waals surface area contributed by atoms with Crippen molar-refractivity contribution in [3.05, 3.63) is 64.0 Å². The second-order valence-corrected chi connectivity index (χ2v) is 6.36. The molecule has 1 heterocycles. The molecule has 120 valence electrons. The first-order valence-corrected chi connectivity index (χ1v) is 8.70.